The molecular weight excluding hydrogens is 456 g/mol. The lowest BCUT2D eigenvalue weighted by Crippen LogP contribution is -2.09. The van der Waals surface area contributed by atoms with Gasteiger partial charge in [-0.15, -0.1) is 0 Å². The third kappa shape index (κ3) is 10.5. The molecule has 198 valence electrons. The minimum Gasteiger partial charge on any atom is -0.420 e. The zero-order chi connectivity index (χ0) is 26.1. The highest BCUT2D eigenvalue weighted by molar-refractivity contribution is 5.91. The quantitative estimate of drug-likeness (QED) is 0.137. The summed E-state index contributed by atoms with van der Waals surface area (Å²) in [4.78, 5) is 21.4. The maximum absolute atomic E-state index is 12.6. The summed E-state index contributed by atoms with van der Waals surface area (Å²) in [6, 6.07) is 16.2. The van der Waals surface area contributed by atoms with Gasteiger partial charge in [0, 0.05) is 5.56 Å². The summed E-state index contributed by atoms with van der Waals surface area (Å²) in [5, 5.41) is 0. The molecule has 0 aliphatic heterocycles. The molecule has 0 radical (unpaired) electrons. The van der Waals surface area contributed by atoms with Gasteiger partial charge in [0.25, 0.3) is 0 Å². The SMILES string of the molecule is CCCCCCCCCc1ccc(C(=O)Oc2cnc(-c3ccc(CCCCCCC)cc3)nc2)cc1. The van der Waals surface area contributed by atoms with Gasteiger partial charge in [0.2, 0.25) is 0 Å². The molecule has 0 aliphatic rings. The number of aryl methyl sites for hydroxylation is 2. The Labute approximate surface area is 223 Å². The second-order valence-corrected chi connectivity index (χ2v) is 10.1. The van der Waals surface area contributed by atoms with E-state index in [2.05, 4.69) is 48.1 Å². The topological polar surface area (TPSA) is 52.1 Å². The van der Waals surface area contributed by atoms with E-state index in [1.54, 1.807) is 12.4 Å². The first kappa shape index (κ1) is 28.6. The molecule has 0 fully saturated rings. The van der Waals surface area contributed by atoms with Crippen molar-refractivity contribution >= 4 is 5.97 Å². The Balaban J connectivity index is 1.42. The minimum atomic E-state index is -0.387. The van der Waals surface area contributed by atoms with E-state index in [4.69, 9.17) is 4.74 Å². The molecular formula is C33H44N2O2. The van der Waals surface area contributed by atoms with Gasteiger partial charge in [0.15, 0.2) is 11.6 Å². The number of ether oxygens (including phenoxy) is 1. The molecule has 4 heteroatoms. The number of hydrogen-bond donors (Lipinski definition) is 0. The van der Waals surface area contributed by atoms with E-state index in [0.29, 0.717) is 17.1 Å². The van der Waals surface area contributed by atoms with Crippen LogP contribution in [0.5, 0.6) is 5.75 Å². The Morgan fingerprint density at radius 3 is 1.59 bits per heavy atom. The fourth-order valence-electron chi connectivity index (χ4n) is 4.53. The molecule has 0 saturated heterocycles. The summed E-state index contributed by atoms with van der Waals surface area (Å²) in [7, 11) is 0. The predicted octanol–water partition coefficient (Wildman–Crippen LogP) is 9.17. The van der Waals surface area contributed by atoms with Crippen molar-refractivity contribution < 1.29 is 9.53 Å². The second-order valence-electron chi connectivity index (χ2n) is 10.1. The maximum Gasteiger partial charge on any atom is 0.343 e. The fraction of sp³-hybridized carbons (Fsp3) is 0.485. The number of benzene rings is 2. The minimum absolute atomic E-state index is 0.351. The van der Waals surface area contributed by atoms with Crippen molar-refractivity contribution in [3.8, 4) is 17.1 Å². The first-order valence-electron chi connectivity index (χ1n) is 14.4. The van der Waals surface area contributed by atoms with E-state index in [1.165, 1.54) is 88.2 Å². The highest BCUT2D eigenvalue weighted by atomic mass is 16.5. The summed E-state index contributed by atoms with van der Waals surface area (Å²) in [5.74, 6) is 0.593. The molecule has 1 heterocycles. The van der Waals surface area contributed by atoms with Crippen LogP contribution < -0.4 is 4.74 Å². The van der Waals surface area contributed by atoms with Crippen LogP contribution in [0.4, 0.5) is 0 Å². The van der Waals surface area contributed by atoms with E-state index in [9.17, 15) is 4.79 Å². The van der Waals surface area contributed by atoms with E-state index < -0.39 is 0 Å². The van der Waals surface area contributed by atoms with Crippen LogP contribution in [0.1, 0.15) is 112 Å². The van der Waals surface area contributed by atoms with Crippen LogP contribution in [-0.4, -0.2) is 15.9 Å². The molecule has 37 heavy (non-hydrogen) atoms. The molecule has 3 aromatic rings. The standard InChI is InChI=1S/C33H44N2O2/c1-3-5-7-9-10-12-14-16-28-19-23-30(24-20-28)33(36)37-31-25-34-32(35-26-31)29-21-17-27(18-22-29)15-13-11-8-6-4-2/h17-26H,3-16H2,1-2H3. The molecule has 0 saturated carbocycles. The lowest BCUT2D eigenvalue weighted by atomic mass is 10.0. The van der Waals surface area contributed by atoms with E-state index in [-0.39, 0.29) is 5.97 Å². The van der Waals surface area contributed by atoms with Gasteiger partial charge in [-0.3, -0.25) is 0 Å². The van der Waals surface area contributed by atoms with Crippen molar-refractivity contribution in [3.05, 3.63) is 77.6 Å². The lowest BCUT2D eigenvalue weighted by molar-refractivity contribution is 0.0733. The molecule has 0 unspecified atom stereocenters. The molecule has 2 aromatic carbocycles. The Bertz CT molecular complexity index is 1030. The maximum atomic E-state index is 12.6. The highest BCUT2D eigenvalue weighted by Crippen LogP contribution is 2.20. The zero-order valence-corrected chi connectivity index (χ0v) is 22.9. The third-order valence-electron chi connectivity index (χ3n) is 6.88. The van der Waals surface area contributed by atoms with E-state index in [1.807, 2.05) is 24.3 Å². The third-order valence-corrected chi connectivity index (χ3v) is 6.88. The average Bonchev–Trinajstić information content (AvgIpc) is 2.93. The molecule has 0 N–H and O–H groups in total. The molecule has 0 bridgehead atoms. The fourth-order valence-corrected chi connectivity index (χ4v) is 4.53. The smallest absolute Gasteiger partial charge is 0.343 e. The number of esters is 1. The average molecular weight is 501 g/mol. The Kier molecular flexibility index (Phi) is 12.9. The van der Waals surface area contributed by atoms with Crippen LogP contribution in [0.25, 0.3) is 11.4 Å². The molecule has 3 rings (SSSR count). The summed E-state index contributed by atoms with van der Waals surface area (Å²) in [5.41, 5.74) is 4.11. The Morgan fingerprint density at radius 2 is 1.08 bits per heavy atom. The van der Waals surface area contributed by atoms with Gasteiger partial charge >= 0.3 is 5.97 Å². The lowest BCUT2D eigenvalue weighted by Gasteiger charge is -2.07. The Morgan fingerprint density at radius 1 is 0.622 bits per heavy atom. The summed E-state index contributed by atoms with van der Waals surface area (Å²) >= 11 is 0. The second kappa shape index (κ2) is 16.7. The zero-order valence-electron chi connectivity index (χ0n) is 22.9. The molecule has 0 atom stereocenters. The number of carbonyl (C=O) groups excluding carboxylic acids is 1. The number of nitrogens with zero attached hydrogens (tertiary/aromatic N) is 2. The van der Waals surface area contributed by atoms with Crippen LogP contribution in [0.3, 0.4) is 0 Å². The predicted molar refractivity (Wildman–Crippen MR) is 153 cm³/mol. The van der Waals surface area contributed by atoms with Gasteiger partial charge in [-0.05, 0) is 48.9 Å². The van der Waals surface area contributed by atoms with Crippen LogP contribution >= 0.6 is 0 Å². The van der Waals surface area contributed by atoms with Crippen molar-refractivity contribution in [2.45, 2.75) is 104 Å². The van der Waals surface area contributed by atoms with Crippen molar-refractivity contribution in [1.29, 1.82) is 0 Å². The summed E-state index contributed by atoms with van der Waals surface area (Å²) in [6.07, 6.45) is 20.9. The van der Waals surface area contributed by atoms with Gasteiger partial charge in [-0.2, -0.15) is 0 Å². The summed E-state index contributed by atoms with van der Waals surface area (Å²) in [6.45, 7) is 4.49. The van der Waals surface area contributed by atoms with Crippen molar-refractivity contribution in [1.82, 2.24) is 9.97 Å². The molecule has 0 spiro atoms. The summed E-state index contributed by atoms with van der Waals surface area (Å²) < 4.78 is 5.50. The molecule has 1 aromatic heterocycles. The van der Waals surface area contributed by atoms with Gasteiger partial charge in [-0.1, -0.05) is 114 Å². The van der Waals surface area contributed by atoms with E-state index in [0.717, 1.165) is 18.4 Å². The van der Waals surface area contributed by atoms with Gasteiger partial charge in [0.1, 0.15) is 0 Å². The number of hydrogen-bond acceptors (Lipinski definition) is 4. The number of rotatable bonds is 17. The number of aromatic nitrogens is 2. The molecule has 0 aliphatic carbocycles. The largest absolute Gasteiger partial charge is 0.420 e. The highest BCUT2D eigenvalue weighted by Gasteiger charge is 2.10. The monoisotopic (exact) mass is 500 g/mol. The number of unbranched alkanes of at least 4 members (excludes halogenated alkanes) is 10. The van der Waals surface area contributed by atoms with Crippen molar-refractivity contribution in [2.75, 3.05) is 0 Å². The van der Waals surface area contributed by atoms with Crippen molar-refractivity contribution in [3.63, 3.8) is 0 Å². The number of carbonyl (C=O) groups is 1. The Hall–Kier alpha value is -3.01. The molecule has 0 amide bonds. The van der Waals surface area contributed by atoms with Crippen LogP contribution in [0.15, 0.2) is 60.9 Å². The first-order valence-corrected chi connectivity index (χ1v) is 14.4. The van der Waals surface area contributed by atoms with E-state index >= 15 is 0 Å². The first-order chi connectivity index (χ1) is 18.2. The van der Waals surface area contributed by atoms with Gasteiger partial charge < -0.3 is 4.74 Å². The normalized spacial score (nSPS) is 11.0. The van der Waals surface area contributed by atoms with Gasteiger partial charge in [0.05, 0.1) is 18.0 Å². The van der Waals surface area contributed by atoms with Crippen LogP contribution in [0, 0.1) is 0 Å². The van der Waals surface area contributed by atoms with Gasteiger partial charge in [-0.25, -0.2) is 14.8 Å². The van der Waals surface area contributed by atoms with Crippen LogP contribution in [0.2, 0.25) is 0 Å². The van der Waals surface area contributed by atoms with Crippen molar-refractivity contribution in [2.24, 2.45) is 0 Å². The van der Waals surface area contributed by atoms with Crippen LogP contribution in [-0.2, 0) is 12.8 Å². The molecule has 4 nitrogen and oxygen atoms in total.